The van der Waals surface area contributed by atoms with Crippen LogP contribution in [-0.2, 0) is 0 Å². The summed E-state index contributed by atoms with van der Waals surface area (Å²) in [6.07, 6.45) is 0. The Bertz CT molecular complexity index is 2790. The van der Waals surface area contributed by atoms with Crippen LogP contribution in [0, 0.1) is 0 Å². The fourth-order valence-electron chi connectivity index (χ4n) is 7.98. The van der Waals surface area contributed by atoms with Crippen LogP contribution in [0.1, 0.15) is 0 Å². The van der Waals surface area contributed by atoms with E-state index in [-0.39, 0.29) is 0 Å². The Hall–Kier alpha value is -6.64. The molecular formula is C48H32N2. The van der Waals surface area contributed by atoms with Crippen LogP contribution in [0.3, 0.4) is 0 Å². The summed E-state index contributed by atoms with van der Waals surface area (Å²) in [6, 6.07) is 70.3. The molecule has 0 atom stereocenters. The topological polar surface area (TPSA) is 9.86 Å². The van der Waals surface area contributed by atoms with E-state index in [1.165, 1.54) is 88.4 Å². The van der Waals surface area contributed by atoms with E-state index in [1.54, 1.807) is 0 Å². The summed E-state index contributed by atoms with van der Waals surface area (Å²) >= 11 is 0. The number of nitrogens with zero attached hydrogens (tertiary/aromatic N) is 2. The van der Waals surface area contributed by atoms with Crippen molar-refractivity contribution in [2.45, 2.75) is 0 Å². The highest BCUT2D eigenvalue weighted by molar-refractivity contribution is 6.16. The van der Waals surface area contributed by atoms with Crippen molar-refractivity contribution < 1.29 is 0 Å². The molecule has 0 saturated carbocycles. The Morgan fingerprint density at radius 3 is 1.30 bits per heavy atom. The predicted octanol–water partition coefficient (Wildman–Crippen LogP) is 12.9. The number of hydrogen-bond acceptors (Lipinski definition) is 0. The van der Waals surface area contributed by atoms with Gasteiger partial charge < -0.3 is 9.13 Å². The number of para-hydroxylation sites is 5. The van der Waals surface area contributed by atoms with Crippen molar-refractivity contribution in [1.82, 2.24) is 9.13 Å². The molecule has 0 aliphatic rings. The van der Waals surface area contributed by atoms with Crippen molar-refractivity contribution in [2.24, 2.45) is 0 Å². The molecule has 50 heavy (non-hydrogen) atoms. The molecule has 234 valence electrons. The van der Waals surface area contributed by atoms with Crippen LogP contribution in [0.2, 0.25) is 0 Å². The van der Waals surface area contributed by atoms with Gasteiger partial charge in [-0.25, -0.2) is 0 Å². The zero-order valence-electron chi connectivity index (χ0n) is 27.4. The summed E-state index contributed by atoms with van der Waals surface area (Å²) in [5.74, 6) is 0. The zero-order chi connectivity index (χ0) is 33.0. The molecular weight excluding hydrogens is 605 g/mol. The maximum absolute atomic E-state index is 2.47. The molecule has 10 rings (SSSR count). The minimum atomic E-state index is 1.17. The van der Waals surface area contributed by atoms with Crippen LogP contribution in [-0.4, -0.2) is 9.13 Å². The van der Waals surface area contributed by atoms with E-state index >= 15 is 0 Å². The third-order valence-corrected chi connectivity index (χ3v) is 10.1. The molecule has 2 nitrogen and oxygen atoms in total. The van der Waals surface area contributed by atoms with Gasteiger partial charge in [0.25, 0.3) is 0 Å². The lowest BCUT2D eigenvalue weighted by Crippen LogP contribution is -2.00. The maximum atomic E-state index is 2.47. The molecule has 8 aromatic carbocycles. The summed E-state index contributed by atoms with van der Waals surface area (Å²) in [7, 11) is 0. The second-order valence-corrected chi connectivity index (χ2v) is 12.9. The summed E-state index contributed by atoms with van der Waals surface area (Å²) in [6.45, 7) is 0. The highest BCUT2D eigenvalue weighted by atomic mass is 15.0. The summed E-state index contributed by atoms with van der Waals surface area (Å²) in [5, 5.41) is 5.05. The van der Waals surface area contributed by atoms with Crippen molar-refractivity contribution in [3.05, 3.63) is 194 Å². The molecule has 2 heteroatoms. The monoisotopic (exact) mass is 636 g/mol. The molecule has 0 fully saturated rings. The van der Waals surface area contributed by atoms with E-state index < -0.39 is 0 Å². The average molecular weight is 637 g/mol. The van der Waals surface area contributed by atoms with Crippen LogP contribution in [0.5, 0.6) is 0 Å². The highest BCUT2D eigenvalue weighted by Gasteiger charge is 2.20. The fraction of sp³-hybridized carbons (Fsp3) is 0. The van der Waals surface area contributed by atoms with E-state index in [2.05, 4.69) is 203 Å². The lowest BCUT2D eigenvalue weighted by atomic mass is 9.93. The van der Waals surface area contributed by atoms with Gasteiger partial charge in [0.05, 0.1) is 27.8 Å². The van der Waals surface area contributed by atoms with Gasteiger partial charge in [0.15, 0.2) is 0 Å². The summed E-state index contributed by atoms with van der Waals surface area (Å²) in [5.41, 5.74) is 14.4. The molecule has 2 aromatic heterocycles. The quantitative estimate of drug-likeness (QED) is 0.178. The van der Waals surface area contributed by atoms with Gasteiger partial charge in [0.1, 0.15) is 0 Å². The predicted molar refractivity (Wildman–Crippen MR) is 211 cm³/mol. The van der Waals surface area contributed by atoms with Crippen molar-refractivity contribution in [2.75, 3.05) is 0 Å². The lowest BCUT2D eigenvalue weighted by molar-refractivity contribution is 1.18. The van der Waals surface area contributed by atoms with Crippen LogP contribution in [0.25, 0.3) is 88.4 Å². The standard InChI is InChI=1S/C48H32N2/c1-3-15-33(16-4-1)38-23-13-24-39(48(38)50-43-25-10-7-19-40(43)41-20-8-11-26-44(41)50)35-31-29-34(30-32-35)37-22-14-28-46-47(37)42-21-9-12-27-45(42)49(46)36-17-5-2-6-18-36/h1-32H. The average Bonchev–Trinajstić information content (AvgIpc) is 3.71. The minimum absolute atomic E-state index is 1.17. The van der Waals surface area contributed by atoms with Gasteiger partial charge in [-0.05, 0) is 58.7 Å². The van der Waals surface area contributed by atoms with Gasteiger partial charge in [-0.1, -0.05) is 158 Å². The van der Waals surface area contributed by atoms with Crippen molar-refractivity contribution >= 4 is 43.6 Å². The number of aromatic nitrogens is 2. The largest absolute Gasteiger partial charge is 0.309 e. The molecule has 0 amide bonds. The van der Waals surface area contributed by atoms with E-state index in [4.69, 9.17) is 0 Å². The molecule has 0 spiro atoms. The summed E-state index contributed by atoms with van der Waals surface area (Å²) in [4.78, 5) is 0. The number of fused-ring (bicyclic) bond motifs is 6. The second-order valence-electron chi connectivity index (χ2n) is 12.9. The van der Waals surface area contributed by atoms with E-state index in [9.17, 15) is 0 Å². The molecule has 0 saturated heterocycles. The van der Waals surface area contributed by atoms with Crippen LogP contribution in [0.4, 0.5) is 0 Å². The third-order valence-electron chi connectivity index (χ3n) is 10.1. The molecule has 0 bridgehead atoms. The number of hydrogen-bond donors (Lipinski definition) is 0. The van der Waals surface area contributed by atoms with Gasteiger partial charge in [-0.2, -0.15) is 0 Å². The van der Waals surface area contributed by atoms with Crippen LogP contribution < -0.4 is 0 Å². The van der Waals surface area contributed by atoms with Crippen LogP contribution >= 0.6 is 0 Å². The fourth-order valence-corrected chi connectivity index (χ4v) is 7.98. The van der Waals surface area contributed by atoms with Crippen LogP contribution in [0.15, 0.2) is 194 Å². The van der Waals surface area contributed by atoms with Gasteiger partial charge in [-0.15, -0.1) is 0 Å². The molecule has 2 heterocycles. The zero-order valence-corrected chi connectivity index (χ0v) is 27.4. The summed E-state index contributed by atoms with van der Waals surface area (Å²) < 4.78 is 4.85. The van der Waals surface area contributed by atoms with E-state index in [0.29, 0.717) is 0 Å². The Kier molecular flexibility index (Phi) is 6.53. The van der Waals surface area contributed by atoms with Gasteiger partial charge in [0, 0.05) is 38.4 Å². The molecule has 0 unspecified atom stereocenters. The number of rotatable bonds is 5. The van der Waals surface area contributed by atoms with Gasteiger partial charge in [0.2, 0.25) is 0 Å². The molecule has 0 N–H and O–H groups in total. The Morgan fingerprint density at radius 2 is 0.680 bits per heavy atom. The lowest BCUT2D eigenvalue weighted by Gasteiger charge is -2.19. The van der Waals surface area contributed by atoms with Crippen molar-refractivity contribution in [3.8, 4) is 44.8 Å². The van der Waals surface area contributed by atoms with Gasteiger partial charge >= 0.3 is 0 Å². The van der Waals surface area contributed by atoms with E-state index in [0.717, 1.165) is 0 Å². The Labute approximate surface area is 290 Å². The number of benzene rings is 8. The Morgan fingerprint density at radius 1 is 0.260 bits per heavy atom. The minimum Gasteiger partial charge on any atom is -0.309 e. The Balaban J connectivity index is 1.19. The first-order valence-corrected chi connectivity index (χ1v) is 17.2. The third kappa shape index (κ3) is 4.36. The van der Waals surface area contributed by atoms with Crippen molar-refractivity contribution in [3.63, 3.8) is 0 Å². The normalized spacial score (nSPS) is 11.6. The second kappa shape index (κ2) is 11.5. The molecule has 0 radical (unpaired) electrons. The van der Waals surface area contributed by atoms with E-state index in [1.807, 2.05) is 0 Å². The smallest absolute Gasteiger partial charge is 0.0618 e. The maximum Gasteiger partial charge on any atom is 0.0618 e. The molecule has 0 aliphatic carbocycles. The molecule has 10 aromatic rings. The molecule has 0 aliphatic heterocycles. The highest BCUT2D eigenvalue weighted by Crippen LogP contribution is 2.43. The SMILES string of the molecule is c1ccc(-c2cccc(-c3ccc(-c4cccc5c4c4ccccc4n5-c4ccccc4)cc3)c2-n2c3ccccc3c3ccccc32)cc1. The first-order chi connectivity index (χ1) is 24.8. The first-order valence-electron chi connectivity index (χ1n) is 17.2. The van der Waals surface area contributed by atoms with Gasteiger partial charge in [-0.3, -0.25) is 0 Å². The van der Waals surface area contributed by atoms with Crippen molar-refractivity contribution in [1.29, 1.82) is 0 Å². The first kappa shape index (κ1) is 28.4.